The molecule has 3 aromatic carbocycles. The van der Waals surface area contributed by atoms with E-state index in [2.05, 4.69) is 0 Å². The van der Waals surface area contributed by atoms with Gasteiger partial charge in [-0.25, -0.2) is 31.8 Å². The van der Waals surface area contributed by atoms with Gasteiger partial charge in [-0.15, -0.1) is 23.2 Å². The van der Waals surface area contributed by atoms with E-state index in [1.807, 2.05) is 0 Å². The van der Waals surface area contributed by atoms with Crippen LogP contribution in [-0.2, 0) is 19.2 Å². The summed E-state index contributed by atoms with van der Waals surface area (Å²) in [7, 11) is 1.19. The Balaban J connectivity index is 1.44. The molecule has 2 saturated heterocycles. The Morgan fingerprint density at radius 1 is 0.882 bits per heavy atom. The van der Waals surface area contributed by atoms with Gasteiger partial charge in [0.2, 0.25) is 17.6 Å². The van der Waals surface area contributed by atoms with Gasteiger partial charge in [-0.05, 0) is 30.9 Å². The minimum atomic E-state index is -2.85. The van der Waals surface area contributed by atoms with Gasteiger partial charge in [-0.2, -0.15) is 0 Å². The highest BCUT2D eigenvalue weighted by atomic mass is 35.5. The Labute approximate surface area is 292 Å². The number of methoxy groups -OCH3 is 1. The number of nitro benzene ring substituents is 1. The number of fused-ring (bicyclic) bond motifs is 4. The first-order valence-corrected chi connectivity index (χ1v) is 15.7. The molecule has 1 N–H and O–H groups in total. The molecule has 3 aromatic rings. The van der Waals surface area contributed by atoms with Crippen molar-refractivity contribution < 1.29 is 55.9 Å². The maximum atomic E-state index is 15.2. The number of carbonyl (C=O) groups excluding carboxylic acids is 4. The van der Waals surface area contributed by atoms with E-state index < -0.39 is 115 Å². The predicted octanol–water partition coefficient (Wildman–Crippen LogP) is 5.77. The number of imide groups is 2. The zero-order valence-electron chi connectivity index (χ0n) is 25.6. The van der Waals surface area contributed by atoms with E-state index in [9.17, 15) is 47.6 Å². The maximum absolute atomic E-state index is 15.2. The van der Waals surface area contributed by atoms with Crippen molar-refractivity contribution in [2.75, 3.05) is 16.9 Å². The largest absolute Gasteiger partial charge is 0.504 e. The third-order valence-electron chi connectivity index (χ3n) is 10.1. The molecule has 2 aliphatic carbocycles. The molecule has 0 aromatic heterocycles. The lowest BCUT2D eigenvalue weighted by atomic mass is 9.56. The summed E-state index contributed by atoms with van der Waals surface area (Å²) < 4.78 is 78.5. The summed E-state index contributed by atoms with van der Waals surface area (Å²) in [5, 5.41) is 22.8. The average Bonchev–Trinajstić information content (AvgIpc) is 3.45. The number of aromatic hydroxyl groups is 1. The van der Waals surface area contributed by atoms with Crippen LogP contribution in [-0.4, -0.2) is 50.5 Å². The minimum Gasteiger partial charge on any atom is -0.504 e. The number of para-hydroxylation sites is 1. The molecule has 3 fully saturated rings. The second-order valence-electron chi connectivity index (χ2n) is 12.4. The van der Waals surface area contributed by atoms with Crippen LogP contribution < -0.4 is 14.5 Å². The topological polar surface area (TPSA) is 147 Å². The Morgan fingerprint density at radius 3 is 2.14 bits per heavy atom. The van der Waals surface area contributed by atoms with Gasteiger partial charge in [-0.1, -0.05) is 29.8 Å². The normalized spacial score (nSPS) is 28.4. The Morgan fingerprint density at radius 2 is 1.51 bits per heavy atom. The number of alkyl halides is 2. The lowest BCUT2D eigenvalue weighted by Gasteiger charge is -2.50. The number of nitro groups is 1. The van der Waals surface area contributed by atoms with Gasteiger partial charge in [0.25, 0.3) is 17.5 Å². The number of amides is 4. The highest BCUT2D eigenvalue weighted by Crippen LogP contribution is 2.67. The van der Waals surface area contributed by atoms with E-state index in [1.54, 1.807) is 0 Å². The first-order chi connectivity index (χ1) is 24.0. The summed E-state index contributed by atoms with van der Waals surface area (Å²) in [4.78, 5) is 62.0. The number of halogens is 7. The average molecular weight is 752 g/mol. The number of allylic oxidation sites excluding steroid dienone is 2. The number of hydrogen-bond acceptors (Lipinski definition) is 8. The van der Waals surface area contributed by atoms with Crippen molar-refractivity contribution in [3.05, 3.63) is 98.9 Å². The molecule has 18 heteroatoms. The van der Waals surface area contributed by atoms with Crippen molar-refractivity contribution in [2.24, 2.45) is 17.8 Å². The second-order valence-corrected chi connectivity index (χ2v) is 13.6. The van der Waals surface area contributed by atoms with Crippen molar-refractivity contribution in [1.29, 1.82) is 0 Å². The Kier molecular flexibility index (Phi) is 7.72. The molecule has 2 heterocycles. The lowest BCUT2D eigenvalue weighted by Crippen LogP contribution is -2.60. The molecule has 4 amide bonds. The fourth-order valence-electron chi connectivity index (χ4n) is 7.85. The molecule has 1 saturated carbocycles. The van der Waals surface area contributed by atoms with Crippen LogP contribution in [0.25, 0.3) is 0 Å². The summed E-state index contributed by atoms with van der Waals surface area (Å²) in [6.45, 7) is 0. The van der Waals surface area contributed by atoms with Crippen LogP contribution >= 0.6 is 23.2 Å². The molecule has 2 aliphatic heterocycles. The fourth-order valence-corrected chi connectivity index (χ4v) is 8.78. The molecule has 4 aliphatic rings. The zero-order chi connectivity index (χ0) is 37.1. The number of ether oxygens (including phenoxy) is 1. The molecule has 0 spiro atoms. The Hall–Kier alpha value is -5.09. The summed E-state index contributed by atoms with van der Waals surface area (Å²) in [5.41, 5.74) is -2.64. The number of hydrogen-bond donors (Lipinski definition) is 1. The van der Waals surface area contributed by atoms with E-state index in [1.165, 1.54) is 43.5 Å². The number of anilines is 2. The van der Waals surface area contributed by atoms with E-state index >= 15 is 8.78 Å². The Bertz CT molecular complexity index is 2160. The molecule has 6 unspecified atom stereocenters. The number of nitrogens with zero attached hydrogens (tertiary/aromatic N) is 3. The highest BCUT2D eigenvalue weighted by Gasteiger charge is 2.77. The summed E-state index contributed by atoms with van der Waals surface area (Å²) in [6.07, 6.45) is 0.487. The minimum absolute atomic E-state index is 0.0912. The zero-order valence-corrected chi connectivity index (χ0v) is 27.1. The predicted molar refractivity (Wildman–Crippen MR) is 167 cm³/mol. The quantitative estimate of drug-likeness (QED) is 0.0505. The van der Waals surface area contributed by atoms with E-state index in [0.717, 1.165) is 17.0 Å². The van der Waals surface area contributed by atoms with Crippen LogP contribution in [0.1, 0.15) is 24.3 Å². The standard InChI is InChI=1S/C33H20Cl2F5N3O8/c1-51-18-7-3-6-16(27(18)44)20-14-8-9-15-19(29(46)41(28(15)45)12-4-2-5-13(10-12)43(49)50)17(14)11-32(34)30(47)42(31(48)33(20,32)35)26-24(39)22(37)21(36)23(38)25(26)40/h2-8,10,15,17,19-20,44H,9,11H2,1H3. The van der Waals surface area contributed by atoms with Gasteiger partial charge in [-0.3, -0.25) is 29.3 Å². The number of carbonyl (C=O) groups is 4. The van der Waals surface area contributed by atoms with Crippen LogP contribution in [0.15, 0.2) is 54.1 Å². The molecule has 11 nitrogen and oxygen atoms in total. The van der Waals surface area contributed by atoms with Crippen LogP contribution in [0.5, 0.6) is 11.5 Å². The van der Waals surface area contributed by atoms with Crippen molar-refractivity contribution >= 4 is 63.9 Å². The lowest BCUT2D eigenvalue weighted by molar-refractivity contribution is -0.384. The monoisotopic (exact) mass is 751 g/mol. The number of phenolic OH excluding ortho intramolecular Hbond substituents is 1. The third kappa shape index (κ3) is 4.35. The van der Waals surface area contributed by atoms with E-state index in [-0.39, 0.29) is 33.9 Å². The van der Waals surface area contributed by atoms with E-state index in [4.69, 9.17) is 27.9 Å². The summed E-state index contributed by atoms with van der Waals surface area (Å²) >= 11 is 14.1. The fraction of sp³-hybridized carbons (Fsp3) is 0.273. The smallest absolute Gasteiger partial charge is 0.271 e. The van der Waals surface area contributed by atoms with Crippen molar-refractivity contribution in [1.82, 2.24) is 0 Å². The van der Waals surface area contributed by atoms with Gasteiger partial charge in [0.1, 0.15) is 5.69 Å². The van der Waals surface area contributed by atoms with Gasteiger partial charge in [0.15, 0.2) is 44.5 Å². The van der Waals surface area contributed by atoms with Gasteiger partial charge < -0.3 is 9.84 Å². The van der Waals surface area contributed by atoms with E-state index in [0.29, 0.717) is 0 Å². The first-order valence-electron chi connectivity index (χ1n) is 15.0. The molecule has 7 rings (SSSR count). The molecule has 0 bridgehead atoms. The highest BCUT2D eigenvalue weighted by molar-refractivity contribution is 6.58. The van der Waals surface area contributed by atoms with Crippen LogP contribution in [0, 0.1) is 57.0 Å². The van der Waals surface area contributed by atoms with Crippen molar-refractivity contribution in [2.45, 2.75) is 28.5 Å². The maximum Gasteiger partial charge on any atom is 0.271 e. The third-order valence-corrected chi connectivity index (χ3v) is 11.5. The van der Waals surface area contributed by atoms with Crippen LogP contribution in [0.2, 0.25) is 0 Å². The number of phenols is 1. The molecule has 264 valence electrons. The van der Waals surface area contributed by atoms with Gasteiger partial charge in [0.05, 0.1) is 29.6 Å². The molecular weight excluding hydrogens is 732 g/mol. The summed E-state index contributed by atoms with van der Waals surface area (Å²) in [5.74, 6) is -23.9. The van der Waals surface area contributed by atoms with Crippen LogP contribution in [0.3, 0.4) is 0 Å². The molecule has 6 atom stereocenters. The molecule has 0 radical (unpaired) electrons. The second kappa shape index (κ2) is 11.5. The molecule has 51 heavy (non-hydrogen) atoms. The SMILES string of the molecule is COc1cccc(C2C3=CCC4C(=O)N(c5cccc([N+](=O)[O-])c5)C(=O)C4C3CC3(Cl)C(=O)N(c4c(F)c(F)c(F)c(F)c4F)C(=O)C23Cl)c1O. The van der Waals surface area contributed by atoms with Crippen molar-refractivity contribution in [3.63, 3.8) is 0 Å². The van der Waals surface area contributed by atoms with Crippen molar-refractivity contribution in [3.8, 4) is 11.5 Å². The number of rotatable bonds is 5. The number of non-ortho nitro benzene ring substituents is 1. The summed E-state index contributed by atoms with van der Waals surface area (Å²) in [6, 6.07) is 8.64. The van der Waals surface area contributed by atoms with Gasteiger partial charge in [0, 0.05) is 23.6 Å². The molecular formula is C33H20Cl2F5N3O8. The van der Waals surface area contributed by atoms with Crippen LogP contribution in [0.4, 0.5) is 39.0 Å². The van der Waals surface area contributed by atoms with Gasteiger partial charge >= 0.3 is 0 Å². The number of benzene rings is 3. The first kappa shape index (κ1) is 34.4.